The molecule has 1 atom stereocenters. The molecule has 37 heavy (non-hydrogen) atoms. The van der Waals surface area contributed by atoms with Crippen molar-refractivity contribution in [2.45, 2.75) is 38.0 Å². The first-order valence-corrected chi connectivity index (χ1v) is 12.5. The van der Waals surface area contributed by atoms with Crippen molar-refractivity contribution in [2.24, 2.45) is 11.5 Å². The molecular weight excluding hydrogens is 468 g/mol. The lowest BCUT2D eigenvalue weighted by molar-refractivity contribution is 0.0638. The Morgan fingerprint density at radius 2 is 1.68 bits per heavy atom. The summed E-state index contributed by atoms with van der Waals surface area (Å²) in [6.07, 6.45) is 1.96. The molecule has 0 radical (unpaired) electrons. The van der Waals surface area contributed by atoms with E-state index in [-0.39, 0.29) is 30.7 Å². The van der Waals surface area contributed by atoms with E-state index in [1.807, 2.05) is 60.7 Å². The van der Waals surface area contributed by atoms with Gasteiger partial charge in [-0.3, -0.25) is 5.41 Å². The molecule has 0 spiro atoms. The van der Waals surface area contributed by atoms with Crippen molar-refractivity contribution >= 4 is 11.9 Å². The maximum Gasteiger partial charge on any atom is 0.410 e. The van der Waals surface area contributed by atoms with Gasteiger partial charge in [-0.25, -0.2) is 4.79 Å². The van der Waals surface area contributed by atoms with Crippen molar-refractivity contribution in [3.63, 3.8) is 0 Å². The van der Waals surface area contributed by atoms with E-state index in [2.05, 4.69) is 0 Å². The molecule has 0 aliphatic carbocycles. The first-order valence-electron chi connectivity index (χ1n) is 12.5. The van der Waals surface area contributed by atoms with Crippen LogP contribution in [0.15, 0.2) is 78.9 Å². The minimum Gasteiger partial charge on any atom is -0.492 e. The summed E-state index contributed by atoms with van der Waals surface area (Å²) in [5.41, 5.74) is 14.5. The van der Waals surface area contributed by atoms with Gasteiger partial charge in [0.2, 0.25) is 0 Å². The zero-order chi connectivity index (χ0) is 26.0. The van der Waals surface area contributed by atoms with Crippen molar-refractivity contribution in [3.05, 3.63) is 95.6 Å². The van der Waals surface area contributed by atoms with E-state index in [9.17, 15) is 4.79 Å². The van der Waals surface area contributed by atoms with Crippen LogP contribution in [0, 0.1) is 5.41 Å². The Morgan fingerprint density at radius 3 is 2.38 bits per heavy atom. The Morgan fingerprint density at radius 1 is 0.946 bits per heavy atom. The van der Waals surface area contributed by atoms with Gasteiger partial charge in [0.1, 0.15) is 36.7 Å². The highest BCUT2D eigenvalue weighted by atomic mass is 16.6. The fourth-order valence-corrected chi connectivity index (χ4v) is 4.18. The third kappa shape index (κ3) is 7.98. The summed E-state index contributed by atoms with van der Waals surface area (Å²) in [5.74, 6) is 1.45. The molecule has 194 valence electrons. The van der Waals surface area contributed by atoms with E-state index in [4.69, 9.17) is 31.1 Å². The number of nitrogens with zero attached hydrogens (tertiary/aromatic N) is 1. The lowest BCUT2D eigenvalue weighted by Crippen LogP contribution is -2.42. The molecule has 0 aromatic heterocycles. The van der Waals surface area contributed by atoms with Crippen LogP contribution in [0.25, 0.3) is 0 Å². The zero-order valence-corrected chi connectivity index (χ0v) is 20.8. The number of benzene rings is 3. The minimum absolute atomic E-state index is 0.00366. The van der Waals surface area contributed by atoms with Gasteiger partial charge in [-0.05, 0) is 41.8 Å². The number of hydrogen-bond donors (Lipinski definition) is 3. The molecule has 8 heteroatoms. The highest BCUT2D eigenvalue weighted by Gasteiger charge is 2.25. The number of nitrogen functional groups attached to an aromatic ring is 1. The third-order valence-corrected chi connectivity index (χ3v) is 6.24. The Balaban J connectivity index is 1.17. The summed E-state index contributed by atoms with van der Waals surface area (Å²) in [5, 5.41) is 7.53. The Hall–Kier alpha value is -4.04. The molecule has 4 rings (SSSR count). The summed E-state index contributed by atoms with van der Waals surface area (Å²) in [6.45, 7) is 1.86. The number of piperidine rings is 1. The second-order valence-corrected chi connectivity index (χ2v) is 9.21. The molecule has 5 N–H and O–H groups in total. The van der Waals surface area contributed by atoms with Gasteiger partial charge in [-0.2, -0.15) is 0 Å². The van der Waals surface area contributed by atoms with Crippen LogP contribution < -0.4 is 20.9 Å². The van der Waals surface area contributed by atoms with E-state index in [0.717, 1.165) is 29.7 Å². The lowest BCUT2D eigenvalue weighted by Gasteiger charge is -2.31. The summed E-state index contributed by atoms with van der Waals surface area (Å²) in [6, 6.07) is 24.6. The van der Waals surface area contributed by atoms with Gasteiger partial charge in [0.05, 0.1) is 0 Å². The number of nitrogens with one attached hydrogen (secondary N) is 1. The molecule has 1 heterocycles. The van der Waals surface area contributed by atoms with Crippen LogP contribution in [0.4, 0.5) is 4.79 Å². The fraction of sp³-hybridized carbons (Fsp3) is 0.310. The van der Waals surface area contributed by atoms with Gasteiger partial charge in [-0.1, -0.05) is 54.6 Å². The van der Waals surface area contributed by atoms with E-state index < -0.39 is 0 Å². The number of amidine groups is 1. The standard InChI is InChI=1S/C29H34N4O4/c30-24(20-35-27-8-4-7-23(18-27)28(31)32)17-21-9-11-25(12-10-21)37-26-13-15-33(16-14-26)29(34)36-19-22-5-2-1-3-6-22/h1-12,18,24,26H,13-17,19-20,30H2,(H3,31,32)/t24-/m1/s1. The monoisotopic (exact) mass is 502 g/mol. The lowest BCUT2D eigenvalue weighted by atomic mass is 10.1. The Bertz CT molecular complexity index is 1160. The highest BCUT2D eigenvalue weighted by molar-refractivity contribution is 5.95. The maximum absolute atomic E-state index is 12.4. The van der Waals surface area contributed by atoms with Gasteiger partial charge in [0.15, 0.2) is 0 Å². The number of carbonyl (C=O) groups excluding carboxylic acids is 1. The number of carbonyl (C=O) groups is 1. The highest BCUT2D eigenvalue weighted by Crippen LogP contribution is 2.21. The van der Waals surface area contributed by atoms with Gasteiger partial charge >= 0.3 is 6.09 Å². The molecular formula is C29H34N4O4. The number of hydrogen-bond acceptors (Lipinski definition) is 6. The first-order chi connectivity index (χ1) is 18.0. The number of rotatable bonds is 10. The first kappa shape index (κ1) is 26.0. The van der Waals surface area contributed by atoms with Crippen LogP contribution in [0.2, 0.25) is 0 Å². The molecule has 1 aliphatic heterocycles. The van der Waals surface area contributed by atoms with Crippen LogP contribution in [0.5, 0.6) is 11.5 Å². The average molecular weight is 503 g/mol. The molecule has 1 fully saturated rings. The quantitative estimate of drug-likeness (QED) is 0.283. The molecule has 0 unspecified atom stereocenters. The number of likely N-dealkylation sites (tertiary alicyclic amines) is 1. The van der Waals surface area contributed by atoms with Crippen molar-refractivity contribution < 1.29 is 19.0 Å². The number of nitrogens with two attached hydrogens (primary N) is 2. The molecule has 0 bridgehead atoms. The third-order valence-electron chi connectivity index (χ3n) is 6.24. The van der Waals surface area contributed by atoms with Crippen LogP contribution in [0.3, 0.4) is 0 Å². The van der Waals surface area contributed by atoms with Crippen molar-refractivity contribution in [2.75, 3.05) is 19.7 Å². The van der Waals surface area contributed by atoms with Crippen molar-refractivity contribution in [1.82, 2.24) is 4.90 Å². The number of ether oxygens (including phenoxy) is 3. The van der Waals surface area contributed by atoms with E-state index >= 15 is 0 Å². The summed E-state index contributed by atoms with van der Waals surface area (Å²) >= 11 is 0. The Kier molecular flexibility index (Phi) is 8.99. The second kappa shape index (κ2) is 12.8. The van der Waals surface area contributed by atoms with Crippen molar-refractivity contribution in [1.29, 1.82) is 5.41 Å². The van der Waals surface area contributed by atoms with Gasteiger partial charge in [0.25, 0.3) is 0 Å². The van der Waals surface area contributed by atoms with Gasteiger partial charge in [-0.15, -0.1) is 0 Å². The molecule has 3 aromatic rings. The van der Waals surface area contributed by atoms with E-state index in [1.165, 1.54) is 0 Å². The fourth-order valence-electron chi connectivity index (χ4n) is 4.18. The normalized spacial score (nSPS) is 14.6. The molecule has 0 saturated carbocycles. The van der Waals surface area contributed by atoms with E-state index in [0.29, 0.717) is 37.4 Å². The summed E-state index contributed by atoms with van der Waals surface area (Å²) in [7, 11) is 0. The van der Waals surface area contributed by atoms with Crippen molar-refractivity contribution in [3.8, 4) is 11.5 Å². The van der Waals surface area contributed by atoms with E-state index in [1.54, 1.807) is 23.1 Å². The second-order valence-electron chi connectivity index (χ2n) is 9.21. The summed E-state index contributed by atoms with van der Waals surface area (Å²) in [4.78, 5) is 14.1. The van der Waals surface area contributed by atoms with Gasteiger partial charge in [0, 0.05) is 37.5 Å². The predicted molar refractivity (Wildman–Crippen MR) is 143 cm³/mol. The minimum atomic E-state index is -0.279. The Labute approximate surface area is 217 Å². The summed E-state index contributed by atoms with van der Waals surface area (Å²) < 4.78 is 17.4. The van der Waals surface area contributed by atoms with Crippen LogP contribution >= 0.6 is 0 Å². The van der Waals surface area contributed by atoms with Crippen LogP contribution in [-0.4, -0.2) is 48.7 Å². The molecule has 3 aromatic carbocycles. The molecule has 1 aliphatic rings. The number of amides is 1. The maximum atomic E-state index is 12.4. The van der Waals surface area contributed by atoms with Gasteiger partial charge < -0.3 is 30.6 Å². The predicted octanol–water partition coefficient (Wildman–Crippen LogP) is 4.10. The average Bonchev–Trinajstić information content (AvgIpc) is 2.93. The molecule has 1 amide bonds. The molecule has 1 saturated heterocycles. The molecule has 8 nitrogen and oxygen atoms in total. The smallest absolute Gasteiger partial charge is 0.410 e. The van der Waals surface area contributed by atoms with Crippen LogP contribution in [-0.2, 0) is 17.8 Å². The van der Waals surface area contributed by atoms with Crippen LogP contribution in [0.1, 0.15) is 29.5 Å². The topological polar surface area (TPSA) is 124 Å². The SMILES string of the molecule is N=C(N)c1cccc(OC[C@H](N)Cc2ccc(OC3CCN(C(=O)OCc4ccccc4)CC3)cc2)c1. The largest absolute Gasteiger partial charge is 0.492 e. The zero-order valence-electron chi connectivity index (χ0n) is 20.8.